The molecule has 0 aliphatic carbocycles. The molecule has 0 saturated carbocycles. The number of allylic oxidation sites excluding steroid dienone is 2. The van der Waals surface area contributed by atoms with Gasteiger partial charge in [-0.25, -0.2) is 4.79 Å². The molecule has 1 aromatic rings. The highest BCUT2D eigenvalue weighted by Gasteiger charge is 2.38. The van der Waals surface area contributed by atoms with Gasteiger partial charge in [-0.2, -0.15) is 5.26 Å². The quantitative estimate of drug-likeness (QED) is 0.852. The van der Waals surface area contributed by atoms with Gasteiger partial charge in [-0.1, -0.05) is 0 Å². The molecule has 2 heterocycles. The molecule has 2 rings (SSSR count). The molecule has 104 valence electrons. The van der Waals surface area contributed by atoms with E-state index in [0.29, 0.717) is 5.76 Å². The normalized spacial score (nSPS) is 18.6. The van der Waals surface area contributed by atoms with E-state index in [4.69, 9.17) is 13.9 Å². The zero-order valence-electron chi connectivity index (χ0n) is 11.0. The van der Waals surface area contributed by atoms with Gasteiger partial charge in [0.1, 0.15) is 23.2 Å². The number of aliphatic hydroxyl groups excluding tert-OH is 1. The SMILES string of the molecule is CCOC(=O)C1=C(C)OC(O)=C(C#N)[C@@H]1c1ccco1. The van der Waals surface area contributed by atoms with E-state index in [9.17, 15) is 15.2 Å². The van der Waals surface area contributed by atoms with Crippen LogP contribution in [0.1, 0.15) is 25.5 Å². The molecule has 20 heavy (non-hydrogen) atoms. The van der Waals surface area contributed by atoms with Gasteiger partial charge in [0.2, 0.25) is 0 Å². The third kappa shape index (κ3) is 2.26. The van der Waals surface area contributed by atoms with Crippen molar-refractivity contribution in [1.82, 2.24) is 0 Å². The maximum atomic E-state index is 12.1. The lowest BCUT2D eigenvalue weighted by Crippen LogP contribution is -2.23. The number of furan rings is 1. The topological polar surface area (TPSA) is 92.7 Å². The van der Waals surface area contributed by atoms with Crippen molar-refractivity contribution < 1.29 is 23.8 Å². The van der Waals surface area contributed by atoms with Crippen molar-refractivity contribution in [1.29, 1.82) is 5.26 Å². The van der Waals surface area contributed by atoms with Gasteiger partial charge in [-0.3, -0.25) is 0 Å². The van der Waals surface area contributed by atoms with Crippen molar-refractivity contribution in [3.63, 3.8) is 0 Å². The summed E-state index contributed by atoms with van der Waals surface area (Å²) in [5, 5.41) is 18.9. The third-order valence-corrected chi connectivity index (χ3v) is 2.88. The maximum Gasteiger partial charge on any atom is 0.338 e. The van der Waals surface area contributed by atoms with Crippen LogP contribution in [0, 0.1) is 11.3 Å². The number of carbonyl (C=O) groups is 1. The van der Waals surface area contributed by atoms with Crippen LogP contribution < -0.4 is 0 Å². The van der Waals surface area contributed by atoms with Crippen molar-refractivity contribution in [3.05, 3.63) is 47.0 Å². The second-order valence-electron chi connectivity index (χ2n) is 4.07. The smallest absolute Gasteiger partial charge is 0.338 e. The average molecular weight is 275 g/mol. The van der Waals surface area contributed by atoms with Crippen molar-refractivity contribution in [2.45, 2.75) is 19.8 Å². The molecular formula is C14H13NO5. The number of rotatable bonds is 3. The molecule has 0 saturated heterocycles. The van der Waals surface area contributed by atoms with Gasteiger partial charge >= 0.3 is 5.97 Å². The molecule has 6 nitrogen and oxygen atoms in total. The van der Waals surface area contributed by atoms with Crippen molar-refractivity contribution >= 4 is 5.97 Å². The van der Waals surface area contributed by atoms with Crippen molar-refractivity contribution in [2.75, 3.05) is 6.61 Å². The highest BCUT2D eigenvalue weighted by atomic mass is 16.6. The first kappa shape index (κ1) is 13.7. The van der Waals surface area contributed by atoms with Crippen LogP contribution in [-0.4, -0.2) is 17.7 Å². The molecule has 0 bridgehead atoms. The van der Waals surface area contributed by atoms with Gasteiger partial charge in [0.05, 0.1) is 24.4 Å². The number of nitrogens with zero attached hydrogens (tertiary/aromatic N) is 1. The van der Waals surface area contributed by atoms with Gasteiger partial charge in [-0.05, 0) is 26.0 Å². The van der Waals surface area contributed by atoms with Gasteiger partial charge < -0.3 is 19.0 Å². The highest BCUT2D eigenvalue weighted by Crippen LogP contribution is 2.40. The Kier molecular flexibility index (Phi) is 3.80. The van der Waals surface area contributed by atoms with E-state index in [1.807, 2.05) is 6.07 Å². The minimum absolute atomic E-state index is 0.0893. The Hall–Kier alpha value is -2.68. The number of hydrogen-bond acceptors (Lipinski definition) is 6. The summed E-state index contributed by atoms with van der Waals surface area (Å²) < 4.78 is 15.3. The summed E-state index contributed by atoms with van der Waals surface area (Å²) in [5.41, 5.74) is 0.0600. The van der Waals surface area contributed by atoms with E-state index in [2.05, 4.69) is 0 Å². The van der Waals surface area contributed by atoms with E-state index >= 15 is 0 Å². The van der Waals surface area contributed by atoms with Gasteiger partial charge in [0.25, 0.3) is 5.95 Å². The lowest BCUT2D eigenvalue weighted by atomic mass is 9.87. The first-order valence-electron chi connectivity index (χ1n) is 6.02. The van der Waals surface area contributed by atoms with Crippen LogP contribution in [0.5, 0.6) is 0 Å². The molecular weight excluding hydrogens is 262 g/mol. The van der Waals surface area contributed by atoms with E-state index < -0.39 is 17.8 Å². The summed E-state index contributed by atoms with van der Waals surface area (Å²) in [6.45, 7) is 3.39. The predicted octanol–water partition coefficient (Wildman–Crippen LogP) is 2.52. The number of hydrogen-bond donors (Lipinski definition) is 1. The fourth-order valence-electron chi connectivity index (χ4n) is 2.05. The summed E-state index contributed by atoms with van der Waals surface area (Å²) in [4.78, 5) is 12.1. The summed E-state index contributed by atoms with van der Waals surface area (Å²) in [5.74, 6) is -1.42. The predicted molar refractivity (Wildman–Crippen MR) is 67.1 cm³/mol. The molecule has 1 aliphatic rings. The lowest BCUT2D eigenvalue weighted by Gasteiger charge is -2.24. The second kappa shape index (κ2) is 5.53. The Balaban J connectivity index is 2.55. The van der Waals surface area contributed by atoms with E-state index in [0.717, 1.165) is 0 Å². The number of aliphatic hydroxyl groups is 1. The largest absolute Gasteiger partial charge is 0.480 e. The third-order valence-electron chi connectivity index (χ3n) is 2.88. The summed E-state index contributed by atoms with van der Waals surface area (Å²) >= 11 is 0. The Labute approximate surface area is 115 Å². The maximum absolute atomic E-state index is 12.1. The number of esters is 1. The zero-order valence-corrected chi connectivity index (χ0v) is 11.0. The molecule has 1 aromatic heterocycles. The van der Waals surface area contributed by atoms with Gasteiger partial charge in [0.15, 0.2) is 0 Å². The second-order valence-corrected chi connectivity index (χ2v) is 4.07. The summed E-state index contributed by atoms with van der Waals surface area (Å²) in [6.07, 6.45) is 1.43. The highest BCUT2D eigenvalue weighted by molar-refractivity contribution is 5.92. The van der Waals surface area contributed by atoms with Crippen LogP contribution in [-0.2, 0) is 14.3 Å². The summed E-state index contributed by atoms with van der Waals surface area (Å²) in [6, 6.07) is 5.09. The van der Waals surface area contributed by atoms with Crippen LogP contribution in [0.25, 0.3) is 0 Å². The monoisotopic (exact) mass is 275 g/mol. The average Bonchev–Trinajstić information content (AvgIpc) is 2.91. The van der Waals surface area contributed by atoms with Crippen molar-refractivity contribution in [2.24, 2.45) is 0 Å². The van der Waals surface area contributed by atoms with Gasteiger partial charge in [-0.15, -0.1) is 0 Å². The minimum Gasteiger partial charge on any atom is -0.480 e. The molecule has 0 fully saturated rings. The molecule has 0 spiro atoms. The van der Waals surface area contributed by atoms with E-state index in [1.165, 1.54) is 13.2 Å². The molecule has 1 N–H and O–H groups in total. The first-order valence-corrected chi connectivity index (χ1v) is 6.02. The number of nitriles is 1. The van der Waals surface area contributed by atoms with Crippen LogP contribution in [0.3, 0.4) is 0 Å². The fourth-order valence-corrected chi connectivity index (χ4v) is 2.05. The van der Waals surface area contributed by atoms with Crippen LogP contribution >= 0.6 is 0 Å². The zero-order chi connectivity index (χ0) is 14.7. The first-order chi connectivity index (χ1) is 9.60. The standard InChI is InChI=1S/C14H13NO5/c1-3-18-14(17)11-8(2)20-13(16)9(7-15)12(11)10-5-4-6-19-10/h4-6,12,16H,3H2,1-2H3/t12-/m1/s1. The summed E-state index contributed by atoms with van der Waals surface area (Å²) in [7, 11) is 0. The Morgan fingerprint density at radius 3 is 2.90 bits per heavy atom. The molecule has 0 amide bonds. The van der Waals surface area contributed by atoms with Crippen LogP contribution in [0.2, 0.25) is 0 Å². The Morgan fingerprint density at radius 1 is 1.60 bits per heavy atom. The molecule has 1 atom stereocenters. The fraction of sp³-hybridized carbons (Fsp3) is 0.286. The number of ether oxygens (including phenoxy) is 2. The van der Waals surface area contributed by atoms with Crippen molar-refractivity contribution in [3.8, 4) is 6.07 Å². The Morgan fingerprint density at radius 2 is 2.35 bits per heavy atom. The molecule has 1 aliphatic heterocycles. The van der Waals surface area contributed by atoms with E-state index in [-0.39, 0.29) is 23.5 Å². The van der Waals surface area contributed by atoms with E-state index in [1.54, 1.807) is 19.1 Å². The van der Waals surface area contributed by atoms with Crippen LogP contribution in [0.15, 0.2) is 45.7 Å². The van der Waals surface area contributed by atoms with Gasteiger partial charge in [0, 0.05) is 0 Å². The lowest BCUT2D eigenvalue weighted by molar-refractivity contribution is -0.139. The molecule has 0 radical (unpaired) electrons. The minimum atomic E-state index is -0.831. The molecule has 0 aromatic carbocycles. The number of carbonyl (C=O) groups excluding carboxylic acids is 1. The molecule has 6 heteroatoms. The Bertz CT molecular complexity index is 618. The van der Waals surface area contributed by atoms with Crippen LogP contribution in [0.4, 0.5) is 0 Å². The molecule has 0 unspecified atom stereocenters.